The van der Waals surface area contributed by atoms with Crippen LogP contribution in [-0.4, -0.2) is 43.5 Å². The van der Waals surface area contributed by atoms with E-state index in [4.69, 9.17) is 9.94 Å². The smallest absolute Gasteiger partial charge is 0.265 e. The van der Waals surface area contributed by atoms with Gasteiger partial charge in [0, 0.05) is 12.6 Å². The van der Waals surface area contributed by atoms with E-state index in [2.05, 4.69) is 6.58 Å². The first-order valence-electron chi connectivity index (χ1n) is 7.40. The molecule has 1 rings (SSSR count). The van der Waals surface area contributed by atoms with Crippen molar-refractivity contribution in [2.24, 2.45) is 5.92 Å². The van der Waals surface area contributed by atoms with E-state index in [9.17, 15) is 13.2 Å². The second-order valence-electron chi connectivity index (χ2n) is 5.87. The fourth-order valence-corrected chi connectivity index (χ4v) is 4.09. The molecule has 8 heteroatoms. The Balaban J connectivity index is 3.46. The van der Waals surface area contributed by atoms with Gasteiger partial charge in [0.1, 0.15) is 11.8 Å². The minimum Gasteiger partial charge on any atom is -0.497 e. The van der Waals surface area contributed by atoms with Gasteiger partial charge in [0.25, 0.3) is 5.91 Å². The van der Waals surface area contributed by atoms with Crippen LogP contribution in [0.5, 0.6) is 5.75 Å². The third kappa shape index (κ3) is 4.56. The van der Waals surface area contributed by atoms with Crippen LogP contribution >= 0.6 is 0 Å². The fourth-order valence-electron chi connectivity index (χ4n) is 2.26. The summed E-state index contributed by atoms with van der Waals surface area (Å²) in [5.41, 5.74) is 1.82. The summed E-state index contributed by atoms with van der Waals surface area (Å²) in [7, 11) is -2.57. The van der Waals surface area contributed by atoms with Gasteiger partial charge in [0.15, 0.2) is 0 Å². The molecule has 1 aromatic rings. The number of carbonyl (C=O) groups excluding carboxylic acids is 1. The number of hydrogen-bond donors (Lipinski definition) is 2. The Labute approximate surface area is 142 Å². The summed E-state index contributed by atoms with van der Waals surface area (Å²) in [6.45, 7) is 8.98. The highest BCUT2D eigenvalue weighted by Crippen LogP contribution is 2.25. The lowest BCUT2D eigenvalue weighted by molar-refractivity contribution is -0.132. The molecule has 0 saturated carbocycles. The quantitative estimate of drug-likeness (QED) is 0.421. The Kier molecular flexibility index (Phi) is 6.94. The van der Waals surface area contributed by atoms with Crippen molar-refractivity contribution in [1.82, 2.24) is 9.79 Å². The predicted octanol–water partition coefficient (Wildman–Crippen LogP) is 1.79. The van der Waals surface area contributed by atoms with E-state index in [0.29, 0.717) is 11.3 Å². The number of nitrogens with one attached hydrogen (secondary N) is 1. The van der Waals surface area contributed by atoms with Crippen LogP contribution in [0, 0.1) is 5.92 Å². The molecule has 0 aliphatic carbocycles. The largest absolute Gasteiger partial charge is 0.497 e. The van der Waals surface area contributed by atoms with E-state index in [1.54, 1.807) is 12.1 Å². The number of methoxy groups -OCH3 is 1. The summed E-state index contributed by atoms with van der Waals surface area (Å²) in [5.74, 6) is -0.507. The Morgan fingerprint density at radius 1 is 1.42 bits per heavy atom. The van der Waals surface area contributed by atoms with Crippen LogP contribution in [-0.2, 0) is 14.8 Å². The number of carbonyl (C=O) groups is 1. The van der Waals surface area contributed by atoms with Crippen molar-refractivity contribution in [1.29, 1.82) is 0 Å². The third-order valence-corrected chi connectivity index (χ3v) is 5.13. The highest BCUT2D eigenvalue weighted by atomic mass is 32.2. The molecule has 0 aromatic heterocycles. The lowest BCUT2D eigenvalue weighted by Gasteiger charge is -2.31. The van der Waals surface area contributed by atoms with Crippen LogP contribution in [0.25, 0.3) is 0 Å². The lowest BCUT2D eigenvalue weighted by atomic mass is 10.1. The second kappa shape index (κ2) is 8.27. The summed E-state index contributed by atoms with van der Waals surface area (Å²) < 4.78 is 32.2. The monoisotopic (exact) mass is 356 g/mol. The van der Waals surface area contributed by atoms with Crippen LogP contribution in [0.2, 0.25) is 0 Å². The van der Waals surface area contributed by atoms with Gasteiger partial charge in [0.05, 0.1) is 12.0 Å². The second-order valence-corrected chi connectivity index (χ2v) is 7.76. The normalized spacial score (nSPS) is 13.0. The SMILES string of the molecule is C=C(C)[C@H](C(=O)NO)N(CC(C)C)S(=O)(=O)c1cccc(OC)c1. The summed E-state index contributed by atoms with van der Waals surface area (Å²) in [4.78, 5) is 12.0. The van der Waals surface area contributed by atoms with Crippen molar-refractivity contribution < 1.29 is 23.2 Å². The van der Waals surface area contributed by atoms with E-state index >= 15 is 0 Å². The molecule has 1 atom stereocenters. The number of amides is 1. The summed E-state index contributed by atoms with van der Waals surface area (Å²) in [5, 5.41) is 8.97. The number of nitrogens with zero attached hydrogens (tertiary/aromatic N) is 1. The van der Waals surface area contributed by atoms with Gasteiger partial charge in [-0.25, -0.2) is 13.9 Å². The fraction of sp³-hybridized carbons (Fsp3) is 0.438. The molecule has 0 bridgehead atoms. The van der Waals surface area contributed by atoms with Crippen molar-refractivity contribution >= 4 is 15.9 Å². The van der Waals surface area contributed by atoms with Crippen molar-refractivity contribution in [3.63, 3.8) is 0 Å². The molecule has 0 saturated heterocycles. The molecule has 2 N–H and O–H groups in total. The predicted molar refractivity (Wildman–Crippen MR) is 90.3 cm³/mol. The first-order chi connectivity index (χ1) is 11.1. The molecule has 0 aliphatic heterocycles. The van der Waals surface area contributed by atoms with Gasteiger partial charge in [-0.1, -0.05) is 32.1 Å². The number of hydrogen-bond acceptors (Lipinski definition) is 5. The van der Waals surface area contributed by atoms with Crippen molar-refractivity contribution in [3.05, 3.63) is 36.4 Å². The summed E-state index contributed by atoms with van der Waals surface area (Å²) >= 11 is 0. The number of hydroxylamine groups is 1. The van der Waals surface area contributed by atoms with Gasteiger partial charge in [-0.2, -0.15) is 4.31 Å². The Morgan fingerprint density at radius 2 is 2.04 bits per heavy atom. The molecule has 1 aromatic carbocycles. The molecule has 0 radical (unpaired) electrons. The van der Waals surface area contributed by atoms with Crippen LogP contribution in [0.15, 0.2) is 41.3 Å². The first-order valence-corrected chi connectivity index (χ1v) is 8.84. The minimum atomic E-state index is -4.01. The van der Waals surface area contributed by atoms with Gasteiger partial charge < -0.3 is 4.74 Å². The maximum absolute atomic E-state index is 13.1. The van der Waals surface area contributed by atoms with Crippen molar-refractivity contribution in [2.75, 3.05) is 13.7 Å². The molecule has 0 aliphatic rings. The van der Waals surface area contributed by atoms with Gasteiger partial charge in [-0.3, -0.25) is 10.0 Å². The number of ether oxygens (including phenoxy) is 1. The van der Waals surface area contributed by atoms with E-state index in [0.717, 1.165) is 4.31 Å². The van der Waals surface area contributed by atoms with Gasteiger partial charge in [-0.15, -0.1) is 0 Å². The summed E-state index contributed by atoms with van der Waals surface area (Å²) in [6, 6.07) is 4.78. The third-order valence-electron chi connectivity index (χ3n) is 3.31. The topological polar surface area (TPSA) is 95.9 Å². The maximum Gasteiger partial charge on any atom is 0.265 e. The molecule has 24 heavy (non-hydrogen) atoms. The van der Waals surface area contributed by atoms with E-state index < -0.39 is 22.0 Å². The highest BCUT2D eigenvalue weighted by Gasteiger charge is 2.37. The molecule has 7 nitrogen and oxygen atoms in total. The number of benzene rings is 1. The molecule has 0 unspecified atom stereocenters. The Morgan fingerprint density at radius 3 is 2.50 bits per heavy atom. The average Bonchev–Trinajstić information content (AvgIpc) is 2.53. The molecule has 134 valence electrons. The Hall–Kier alpha value is -1.90. The standard InChI is InChI=1S/C16H24N2O5S/c1-11(2)10-18(15(12(3)4)16(19)17-20)24(21,22)14-8-6-7-13(9-14)23-5/h6-9,11,15,20H,3,10H2,1-2,4-5H3,(H,17,19)/t15-/m1/s1. The zero-order valence-electron chi connectivity index (χ0n) is 14.3. The lowest BCUT2D eigenvalue weighted by Crippen LogP contribution is -2.50. The molecule has 0 fully saturated rings. The molecule has 0 heterocycles. The number of sulfonamides is 1. The zero-order chi connectivity index (χ0) is 18.5. The Bertz CT molecular complexity index is 700. The number of rotatable bonds is 8. The average molecular weight is 356 g/mol. The maximum atomic E-state index is 13.1. The van der Waals surface area contributed by atoms with E-state index in [1.165, 1.54) is 31.6 Å². The van der Waals surface area contributed by atoms with Crippen LogP contribution in [0.1, 0.15) is 20.8 Å². The van der Waals surface area contributed by atoms with Crippen LogP contribution in [0.3, 0.4) is 0 Å². The van der Waals surface area contributed by atoms with E-state index in [1.807, 2.05) is 13.8 Å². The molecular formula is C16H24N2O5S. The van der Waals surface area contributed by atoms with Gasteiger partial charge in [-0.05, 0) is 25.0 Å². The van der Waals surface area contributed by atoms with E-state index in [-0.39, 0.29) is 17.4 Å². The molecular weight excluding hydrogens is 332 g/mol. The van der Waals surface area contributed by atoms with Crippen LogP contribution < -0.4 is 10.2 Å². The molecule has 0 spiro atoms. The van der Waals surface area contributed by atoms with Crippen LogP contribution in [0.4, 0.5) is 0 Å². The van der Waals surface area contributed by atoms with Gasteiger partial charge >= 0.3 is 0 Å². The minimum absolute atomic E-state index is 0.000472. The zero-order valence-corrected chi connectivity index (χ0v) is 15.1. The first kappa shape index (κ1) is 20.1. The summed E-state index contributed by atoms with van der Waals surface area (Å²) in [6.07, 6.45) is 0. The van der Waals surface area contributed by atoms with Crippen molar-refractivity contribution in [2.45, 2.75) is 31.7 Å². The molecule has 1 amide bonds. The highest BCUT2D eigenvalue weighted by molar-refractivity contribution is 7.89. The van der Waals surface area contributed by atoms with Crippen molar-refractivity contribution in [3.8, 4) is 5.75 Å². The van der Waals surface area contributed by atoms with Gasteiger partial charge in [0.2, 0.25) is 10.0 Å².